The fourth-order valence-corrected chi connectivity index (χ4v) is 3.52. The molecular weight excluding hydrogens is 441 g/mol. The van der Waals surface area contributed by atoms with Gasteiger partial charge in [0.2, 0.25) is 0 Å². The van der Waals surface area contributed by atoms with Crippen molar-refractivity contribution in [3.05, 3.63) is 100 Å². The van der Waals surface area contributed by atoms with Gasteiger partial charge >= 0.3 is 0 Å². The van der Waals surface area contributed by atoms with E-state index in [2.05, 4.69) is 15.5 Å². The minimum Gasteiger partial charge on any atom is -0.451 e. The van der Waals surface area contributed by atoms with Crippen LogP contribution in [0.4, 0.5) is 15.8 Å². The van der Waals surface area contributed by atoms with Gasteiger partial charge in [0.25, 0.3) is 11.6 Å². The molecule has 1 N–H and O–H groups in total. The summed E-state index contributed by atoms with van der Waals surface area (Å²) < 4.78 is 18.8. The summed E-state index contributed by atoms with van der Waals surface area (Å²) in [6, 6.07) is 18.3. The number of benzene rings is 3. The number of hydrogen-bond acceptors (Lipinski definition) is 6. The van der Waals surface area contributed by atoms with Crippen molar-refractivity contribution >= 4 is 28.3 Å². The second-order valence-electron chi connectivity index (χ2n) is 7.51. The summed E-state index contributed by atoms with van der Waals surface area (Å²) in [6.45, 7) is 1.81. The number of anilines is 1. The van der Waals surface area contributed by atoms with Gasteiger partial charge in [0, 0.05) is 11.8 Å². The number of carbonyl (C=O) groups is 1. The molecule has 34 heavy (non-hydrogen) atoms. The topological polar surface area (TPSA) is 116 Å². The number of nitrogens with one attached hydrogen (secondary N) is 1. The largest absolute Gasteiger partial charge is 0.451 e. The summed E-state index contributed by atoms with van der Waals surface area (Å²) in [5.41, 5.74) is 3.15. The molecule has 3 aromatic carbocycles. The third kappa shape index (κ3) is 3.88. The van der Waals surface area contributed by atoms with Crippen molar-refractivity contribution in [1.82, 2.24) is 15.0 Å². The van der Waals surface area contributed by atoms with Crippen LogP contribution >= 0.6 is 0 Å². The molecule has 0 spiro atoms. The number of nitro benzene ring substituents is 1. The molecule has 0 radical (unpaired) electrons. The number of amides is 1. The first-order chi connectivity index (χ1) is 16.4. The number of furan rings is 1. The van der Waals surface area contributed by atoms with Gasteiger partial charge in [-0.25, -0.2) is 4.39 Å². The fourth-order valence-electron chi connectivity index (χ4n) is 3.52. The third-order valence-corrected chi connectivity index (χ3v) is 5.23. The molecule has 5 rings (SSSR count). The number of carbonyl (C=O) groups excluding carboxylic acids is 1. The van der Waals surface area contributed by atoms with Gasteiger partial charge in [-0.2, -0.15) is 4.80 Å². The Balaban J connectivity index is 1.41. The van der Waals surface area contributed by atoms with E-state index in [4.69, 9.17) is 4.42 Å². The highest BCUT2D eigenvalue weighted by Crippen LogP contribution is 2.31. The van der Waals surface area contributed by atoms with Crippen LogP contribution in [0.2, 0.25) is 0 Å². The van der Waals surface area contributed by atoms with E-state index in [0.717, 1.165) is 5.56 Å². The van der Waals surface area contributed by atoms with Crippen molar-refractivity contribution in [3.8, 4) is 17.0 Å². The molecule has 0 saturated carbocycles. The summed E-state index contributed by atoms with van der Waals surface area (Å²) in [5.74, 6) is -0.656. The van der Waals surface area contributed by atoms with Gasteiger partial charge in [0.15, 0.2) is 5.76 Å². The lowest BCUT2D eigenvalue weighted by molar-refractivity contribution is -0.384. The zero-order valence-corrected chi connectivity index (χ0v) is 17.7. The van der Waals surface area contributed by atoms with E-state index in [0.29, 0.717) is 22.4 Å². The number of fused-ring (bicyclic) bond motifs is 1. The van der Waals surface area contributed by atoms with Gasteiger partial charge in [0.05, 0.1) is 16.2 Å². The first-order valence-corrected chi connectivity index (χ1v) is 10.2. The summed E-state index contributed by atoms with van der Waals surface area (Å²) in [7, 11) is 0. The van der Waals surface area contributed by atoms with Crippen molar-refractivity contribution in [2.45, 2.75) is 6.92 Å². The SMILES string of the molecule is Cc1cc2nn(-c3ccc(F)cc3)nc2cc1NC(=O)c1ccc(-c2ccccc2[N+](=O)[O-])o1. The molecule has 0 saturated heterocycles. The van der Waals surface area contributed by atoms with E-state index in [-0.39, 0.29) is 28.6 Å². The smallest absolute Gasteiger partial charge is 0.291 e. The Bertz CT molecular complexity index is 1560. The number of para-hydroxylation sites is 1. The van der Waals surface area contributed by atoms with E-state index in [1.54, 1.807) is 42.5 Å². The van der Waals surface area contributed by atoms with Crippen molar-refractivity contribution < 1.29 is 18.5 Å². The zero-order chi connectivity index (χ0) is 23.8. The van der Waals surface area contributed by atoms with Crippen LogP contribution in [0.15, 0.2) is 77.2 Å². The maximum Gasteiger partial charge on any atom is 0.291 e. The van der Waals surface area contributed by atoms with Crippen LogP contribution in [0.3, 0.4) is 0 Å². The first-order valence-electron chi connectivity index (χ1n) is 10.2. The summed E-state index contributed by atoms with van der Waals surface area (Å²) >= 11 is 0. The maximum absolute atomic E-state index is 13.2. The predicted molar refractivity (Wildman–Crippen MR) is 122 cm³/mol. The summed E-state index contributed by atoms with van der Waals surface area (Å²) in [6.07, 6.45) is 0. The Morgan fingerprint density at radius 2 is 1.74 bits per heavy atom. The average molecular weight is 457 g/mol. The molecule has 0 fully saturated rings. The molecule has 0 aliphatic rings. The van der Waals surface area contributed by atoms with Crippen LogP contribution in [0, 0.1) is 22.9 Å². The maximum atomic E-state index is 13.2. The second kappa shape index (κ2) is 8.24. The van der Waals surface area contributed by atoms with E-state index >= 15 is 0 Å². The van der Waals surface area contributed by atoms with Crippen molar-refractivity contribution in [2.24, 2.45) is 0 Å². The highest BCUT2D eigenvalue weighted by molar-refractivity contribution is 6.04. The molecule has 2 aromatic heterocycles. The van der Waals surface area contributed by atoms with Crippen LogP contribution in [-0.2, 0) is 0 Å². The van der Waals surface area contributed by atoms with Crippen LogP contribution in [0.25, 0.3) is 28.0 Å². The predicted octanol–water partition coefficient (Wildman–Crippen LogP) is 5.29. The molecule has 1 amide bonds. The number of rotatable bonds is 5. The number of nitro groups is 1. The molecule has 0 unspecified atom stereocenters. The number of nitrogens with zero attached hydrogens (tertiary/aromatic N) is 4. The molecule has 0 bridgehead atoms. The van der Waals surface area contributed by atoms with E-state index in [9.17, 15) is 19.3 Å². The van der Waals surface area contributed by atoms with E-state index < -0.39 is 10.8 Å². The molecule has 168 valence electrons. The minimum atomic E-state index is -0.516. The van der Waals surface area contributed by atoms with Crippen molar-refractivity contribution in [1.29, 1.82) is 0 Å². The van der Waals surface area contributed by atoms with Crippen LogP contribution in [0.5, 0.6) is 0 Å². The Morgan fingerprint density at radius 1 is 1.03 bits per heavy atom. The number of hydrogen-bond donors (Lipinski definition) is 1. The standard InChI is InChI=1S/C24H16FN5O4/c1-14-12-19-20(28-29(27-19)16-8-6-15(25)7-9-16)13-18(14)26-24(31)23-11-10-22(34-23)17-4-2-3-5-21(17)30(32)33/h2-13H,1H3,(H,26,31). The number of halogens is 1. The lowest BCUT2D eigenvalue weighted by Crippen LogP contribution is -2.11. The van der Waals surface area contributed by atoms with Crippen molar-refractivity contribution in [3.63, 3.8) is 0 Å². The second-order valence-corrected chi connectivity index (χ2v) is 7.51. The molecule has 0 atom stereocenters. The van der Waals surface area contributed by atoms with Gasteiger partial charge < -0.3 is 9.73 Å². The van der Waals surface area contributed by atoms with Gasteiger partial charge in [-0.3, -0.25) is 14.9 Å². The first kappa shape index (κ1) is 21.0. The highest BCUT2D eigenvalue weighted by atomic mass is 19.1. The van der Waals surface area contributed by atoms with Crippen molar-refractivity contribution in [2.75, 3.05) is 5.32 Å². The molecule has 0 aliphatic carbocycles. The van der Waals surface area contributed by atoms with E-state index in [1.807, 2.05) is 6.92 Å². The normalized spacial score (nSPS) is 11.0. The van der Waals surface area contributed by atoms with Gasteiger partial charge in [-0.1, -0.05) is 12.1 Å². The van der Waals surface area contributed by atoms with Gasteiger partial charge in [-0.05, 0) is 67.1 Å². The Hall–Kier alpha value is -4.86. The lowest BCUT2D eigenvalue weighted by Gasteiger charge is -2.06. The Morgan fingerprint density at radius 3 is 2.47 bits per heavy atom. The molecule has 9 nitrogen and oxygen atoms in total. The zero-order valence-electron chi connectivity index (χ0n) is 17.7. The fraction of sp³-hybridized carbons (Fsp3) is 0.0417. The molecule has 10 heteroatoms. The number of aromatic nitrogens is 3. The molecule has 5 aromatic rings. The summed E-state index contributed by atoms with van der Waals surface area (Å²) in [4.78, 5) is 25.0. The lowest BCUT2D eigenvalue weighted by atomic mass is 10.1. The summed E-state index contributed by atoms with van der Waals surface area (Å²) in [5, 5.41) is 22.9. The quantitative estimate of drug-likeness (QED) is 0.283. The van der Waals surface area contributed by atoms with Gasteiger partial charge in [-0.15, -0.1) is 10.2 Å². The van der Waals surface area contributed by atoms with Crippen LogP contribution in [-0.4, -0.2) is 25.8 Å². The van der Waals surface area contributed by atoms with Crippen LogP contribution in [0.1, 0.15) is 16.1 Å². The minimum absolute atomic E-state index is 0.00242. The Kier molecular flexibility index (Phi) is 5.09. The third-order valence-electron chi connectivity index (χ3n) is 5.23. The average Bonchev–Trinajstić information content (AvgIpc) is 3.47. The molecular formula is C24H16FN5O4. The monoisotopic (exact) mass is 457 g/mol. The van der Waals surface area contributed by atoms with Gasteiger partial charge in [0.1, 0.15) is 22.6 Å². The van der Waals surface area contributed by atoms with Crippen LogP contribution < -0.4 is 5.32 Å². The molecule has 2 heterocycles. The van der Waals surface area contributed by atoms with E-state index in [1.165, 1.54) is 35.1 Å². The highest BCUT2D eigenvalue weighted by Gasteiger charge is 2.20. The Labute approximate surface area is 191 Å². The number of aryl methyl sites for hydroxylation is 1. The molecule has 0 aliphatic heterocycles.